The molecule has 1 fully saturated rings. The summed E-state index contributed by atoms with van der Waals surface area (Å²) in [6.45, 7) is 5.72. The van der Waals surface area contributed by atoms with Gasteiger partial charge in [0, 0.05) is 55.0 Å². The molecule has 158 valence electrons. The first-order valence-electron chi connectivity index (χ1n) is 9.79. The predicted octanol–water partition coefficient (Wildman–Crippen LogP) is 3.82. The SMILES string of the molecule is Cc1nc(CSCC(=O)N2CCN(Cc3ccc(-c4ccccc4F)s3)CC2)no1. The molecule has 1 aliphatic heterocycles. The summed E-state index contributed by atoms with van der Waals surface area (Å²) in [4.78, 5) is 23.0. The maximum absolute atomic E-state index is 14.0. The Bertz CT molecular complexity index is 998. The summed E-state index contributed by atoms with van der Waals surface area (Å²) in [7, 11) is 0. The lowest BCUT2D eigenvalue weighted by Gasteiger charge is -2.34. The molecule has 1 amide bonds. The average molecular weight is 447 g/mol. The van der Waals surface area contributed by atoms with Gasteiger partial charge in [0.25, 0.3) is 0 Å². The average Bonchev–Trinajstić information content (AvgIpc) is 3.38. The minimum atomic E-state index is -0.189. The van der Waals surface area contributed by atoms with Gasteiger partial charge < -0.3 is 9.42 Å². The fourth-order valence-corrected chi connectivity index (χ4v) is 5.20. The summed E-state index contributed by atoms with van der Waals surface area (Å²) >= 11 is 3.13. The Morgan fingerprint density at radius 2 is 2.00 bits per heavy atom. The maximum Gasteiger partial charge on any atom is 0.232 e. The zero-order valence-corrected chi connectivity index (χ0v) is 18.3. The summed E-state index contributed by atoms with van der Waals surface area (Å²) < 4.78 is 18.9. The maximum atomic E-state index is 14.0. The van der Waals surface area contributed by atoms with Crippen LogP contribution in [0.15, 0.2) is 40.9 Å². The number of carbonyl (C=O) groups excluding carboxylic acids is 1. The molecule has 0 saturated carbocycles. The van der Waals surface area contributed by atoms with Crippen molar-refractivity contribution in [2.45, 2.75) is 19.2 Å². The van der Waals surface area contributed by atoms with Gasteiger partial charge in [-0.05, 0) is 18.2 Å². The highest BCUT2D eigenvalue weighted by molar-refractivity contribution is 7.99. The second-order valence-corrected chi connectivity index (χ2v) is 9.28. The summed E-state index contributed by atoms with van der Waals surface area (Å²) in [6.07, 6.45) is 0. The third-order valence-electron chi connectivity index (χ3n) is 4.93. The van der Waals surface area contributed by atoms with E-state index >= 15 is 0 Å². The number of nitrogens with zero attached hydrogens (tertiary/aromatic N) is 4. The number of amides is 1. The summed E-state index contributed by atoms with van der Waals surface area (Å²) in [6, 6.07) is 10.9. The number of hydrogen-bond donors (Lipinski definition) is 0. The van der Waals surface area contributed by atoms with Crippen molar-refractivity contribution in [1.82, 2.24) is 19.9 Å². The van der Waals surface area contributed by atoms with Crippen molar-refractivity contribution in [2.75, 3.05) is 31.9 Å². The largest absolute Gasteiger partial charge is 0.340 e. The highest BCUT2D eigenvalue weighted by Gasteiger charge is 2.21. The van der Waals surface area contributed by atoms with Gasteiger partial charge in [0.15, 0.2) is 5.82 Å². The Labute approximate surface area is 183 Å². The van der Waals surface area contributed by atoms with Gasteiger partial charge in [-0.3, -0.25) is 9.69 Å². The molecule has 0 N–H and O–H groups in total. The Morgan fingerprint density at radius 3 is 2.73 bits per heavy atom. The number of thioether (sulfide) groups is 1. The Balaban J connectivity index is 1.22. The molecule has 0 spiro atoms. The first kappa shape index (κ1) is 21.0. The summed E-state index contributed by atoms with van der Waals surface area (Å²) in [5.74, 6) is 2.12. The van der Waals surface area contributed by atoms with E-state index in [1.165, 1.54) is 22.7 Å². The third kappa shape index (κ3) is 5.27. The van der Waals surface area contributed by atoms with Crippen molar-refractivity contribution in [1.29, 1.82) is 0 Å². The number of halogens is 1. The number of rotatable bonds is 7. The van der Waals surface area contributed by atoms with Gasteiger partial charge in [-0.25, -0.2) is 4.39 Å². The normalized spacial score (nSPS) is 14.9. The molecule has 30 heavy (non-hydrogen) atoms. The monoisotopic (exact) mass is 446 g/mol. The fraction of sp³-hybridized carbons (Fsp3) is 0.381. The molecular weight excluding hydrogens is 423 g/mol. The van der Waals surface area contributed by atoms with Gasteiger partial charge in [-0.15, -0.1) is 23.1 Å². The zero-order chi connectivity index (χ0) is 20.9. The number of aryl methyl sites for hydroxylation is 1. The van der Waals surface area contributed by atoms with Gasteiger partial charge >= 0.3 is 0 Å². The molecule has 0 atom stereocenters. The highest BCUT2D eigenvalue weighted by atomic mass is 32.2. The molecule has 3 aromatic rings. The van der Waals surface area contributed by atoms with Crippen LogP contribution in [0.2, 0.25) is 0 Å². The van der Waals surface area contributed by atoms with E-state index in [1.54, 1.807) is 24.3 Å². The van der Waals surface area contributed by atoms with Crippen LogP contribution in [-0.2, 0) is 17.1 Å². The minimum absolute atomic E-state index is 0.151. The van der Waals surface area contributed by atoms with Crippen molar-refractivity contribution in [3.63, 3.8) is 0 Å². The number of aromatic nitrogens is 2. The predicted molar refractivity (Wildman–Crippen MR) is 117 cm³/mol. The molecule has 6 nitrogen and oxygen atoms in total. The van der Waals surface area contributed by atoms with Crippen molar-refractivity contribution in [2.24, 2.45) is 0 Å². The number of benzene rings is 1. The second-order valence-electron chi connectivity index (χ2n) is 7.13. The Hall–Kier alpha value is -2.23. The van der Waals surface area contributed by atoms with E-state index in [9.17, 15) is 9.18 Å². The number of thiophene rings is 1. The number of hydrogen-bond acceptors (Lipinski definition) is 7. The smallest absolute Gasteiger partial charge is 0.232 e. The van der Waals surface area contributed by atoms with Gasteiger partial charge in [-0.2, -0.15) is 4.98 Å². The molecule has 9 heteroatoms. The molecule has 2 aromatic heterocycles. The topological polar surface area (TPSA) is 62.5 Å². The lowest BCUT2D eigenvalue weighted by molar-refractivity contribution is -0.130. The van der Waals surface area contributed by atoms with Crippen LogP contribution in [0.1, 0.15) is 16.6 Å². The molecule has 3 heterocycles. The van der Waals surface area contributed by atoms with Crippen molar-refractivity contribution < 1.29 is 13.7 Å². The van der Waals surface area contributed by atoms with Crippen LogP contribution in [0.5, 0.6) is 0 Å². The lowest BCUT2D eigenvalue weighted by Crippen LogP contribution is -2.48. The van der Waals surface area contributed by atoms with Crippen LogP contribution in [0, 0.1) is 12.7 Å². The van der Waals surface area contributed by atoms with Crippen LogP contribution in [0.3, 0.4) is 0 Å². The lowest BCUT2D eigenvalue weighted by atomic mass is 10.2. The van der Waals surface area contributed by atoms with E-state index in [0.29, 0.717) is 28.8 Å². The van der Waals surface area contributed by atoms with E-state index in [-0.39, 0.29) is 11.7 Å². The third-order valence-corrected chi connectivity index (χ3v) is 6.95. The van der Waals surface area contributed by atoms with Crippen LogP contribution < -0.4 is 0 Å². The molecule has 1 aromatic carbocycles. The Kier molecular flexibility index (Phi) is 6.81. The first-order chi connectivity index (χ1) is 14.6. The van der Waals surface area contributed by atoms with Crippen LogP contribution >= 0.6 is 23.1 Å². The highest BCUT2D eigenvalue weighted by Crippen LogP contribution is 2.30. The molecular formula is C21H23FN4O2S2. The molecule has 0 radical (unpaired) electrons. The summed E-state index contributed by atoms with van der Waals surface area (Å²) in [5.41, 5.74) is 0.651. The van der Waals surface area contributed by atoms with Crippen LogP contribution in [-0.4, -0.2) is 57.8 Å². The van der Waals surface area contributed by atoms with Gasteiger partial charge in [0.2, 0.25) is 11.8 Å². The van der Waals surface area contributed by atoms with Gasteiger partial charge in [-0.1, -0.05) is 23.4 Å². The molecule has 0 unspecified atom stereocenters. The van der Waals surface area contributed by atoms with E-state index in [1.807, 2.05) is 23.1 Å². The van der Waals surface area contributed by atoms with Crippen molar-refractivity contribution in [3.8, 4) is 10.4 Å². The Morgan fingerprint density at radius 1 is 1.20 bits per heavy atom. The molecule has 1 aliphatic rings. The van der Waals surface area contributed by atoms with E-state index in [4.69, 9.17) is 4.52 Å². The fourth-order valence-electron chi connectivity index (χ4n) is 3.37. The van der Waals surface area contributed by atoms with Crippen LogP contribution in [0.25, 0.3) is 10.4 Å². The molecule has 0 aliphatic carbocycles. The molecule has 1 saturated heterocycles. The van der Waals surface area contributed by atoms with Gasteiger partial charge in [0.05, 0.1) is 11.5 Å². The number of carbonyl (C=O) groups is 1. The van der Waals surface area contributed by atoms with Gasteiger partial charge in [0.1, 0.15) is 5.82 Å². The van der Waals surface area contributed by atoms with E-state index < -0.39 is 0 Å². The summed E-state index contributed by atoms with van der Waals surface area (Å²) in [5, 5.41) is 3.84. The zero-order valence-electron chi connectivity index (χ0n) is 16.7. The van der Waals surface area contributed by atoms with E-state index in [0.717, 1.165) is 37.6 Å². The standard InChI is InChI=1S/C21H23FN4O2S2/c1-15-23-20(24-28-15)13-29-14-21(27)26-10-8-25(9-11-26)12-16-6-7-19(30-16)17-4-2-3-5-18(17)22/h2-7H,8-14H2,1H3. The molecule has 0 bridgehead atoms. The second kappa shape index (κ2) is 9.72. The van der Waals surface area contributed by atoms with Crippen molar-refractivity contribution >= 4 is 29.0 Å². The van der Waals surface area contributed by atoms with Crippen molar-refractivity contribution in [3.05, 3.63) is 58.8 Å². The quantitative estimate of drug-likeness (QED) is 0.550. The minimum Gasteiger partial charge on any atom is -0.340 e. The number of piperazine rings is 1. The molecule has 4 rings (SSSR count). The first-order valence-corrected chi connectivity index (χ1v) is 11.8. The van der Waals surface area contributed by atoms with E-state index in [2.05, 4.69) is 21.1 Å². The van der Waals surface area contributed by atoms with Crippen LogP contribution in [0.4, 0.5) is 4.39 Å².